The lowest BCUT2D eigenvalue weighted by atomic mass is 9.89. The van der Waals surface area contributed by atoms with Gasteiger partial charge in [0.05, 0.1) is 0 Å². The van der Waals surface area contributed by atoms with Gasteiger partial charge in [-0.25, -0.2) is 0 Å². The molecule has 0 aliphatic carbocycles. The molecule has 1 atom stereocenters. The summed E-state index contributed by atoms with van der Waals surface area (Å²) in [4.78, 5) is 51.7. The first kappa shape index (κ1) is 27.8. The minimum Gasteiger partial charge on any atom is -0.368 e. The molecule has 2 aromatic carbocycles. The summed E-state index contributed by atoms with van der Waals surface area (Å²) in [6.45, 7) is 1.94. The van der Waals surface area contributed by atoms with E-state index in [1.54, 1.807) is 0 Å². The summed E-state index contributed by atoms with van der Waals surface area (Å²) < 4.78 is 0. The quantitative estimate of drug-likeness (QED) is 0.315. The monoisotopic (exact) mass is 537 g/mol. The van der Waals surface area contributed by atoms with Gasteiger partial charge < -0.3 is 20.3 Å². The molecule has 1 unspecified atom stereocenters. The Labute approximate surface area is 229 Å². The Balaban J connectivity index is 1.18. The molecule has 2 N–H and O–H groups in total. The van der Waals surface area contributed by atoms with Crippen LogP contribution in [0, 0.1) is 0 Å². The number of carbonyl (C=O) groups is 4. The summed E-state index contributed by atoms with van der Waals surface area (Å²) in [5.74, 6) is -0.0716. The Morgan fingerprint density at radius 3 is 2.47 bits per heavy atom. The van der Waals surface area contributed by atoms with Crippen LogP contribution in [0.2, 0.25) is 5.02 Å². The lowest BCUT2D eigenvalue weighted by Crippen LogP contribution is -2.44. The van der Waals surface area contributed by atoms with Gasteiger partial charge in [0.15, 0.2) is 0 Å². The summed E-state index contributed by atoms with van der Waals surface area (Å²) in [5, 5.41) is 0.749. The van der Waals surface area contributed by atoms with Crippen molar-refractivity contribution in [1.82, 2.24) is 9.80 Å². The van der Waals surface area contributed by atoms with Crippen molar-refractivity contribution in [2.75, 3.05) is 13.1 Å². The SMILES string of the molecule is NC(=O)C(CCC=O)N1Cc2ccc(CCCCCC(=O)N3CCC(c4ccc(Cl)cc4)CC3)cc2C1=O. The molecule has 2 aromatic rings. The second-order valence-corrected chi connectivity index (χ2v) is 10.8. The minimum absolute atomic E-state index is 0.184. The summed E-state index contributed by atoms with van der Waals surface area (Å²) in [7, 11) is 0. The minimum atomic E-state index is -0.774. The highest BCUT2D eigenvalue weighted by Crippen LogP contribution is 2.30. The molecule has 38 heavy (non-hydrogen) atoms. The maximum absolute atomic E-state index is 13.0. The molecule has 202 valence electrons. The highest BCUT2D eigenvalue weighted by Gasteiger charge is 2.35. The normalized spacial score (nSPS) is 16.4. The number of piperidine rings is 1. The molecular formula is C30H36ClN3O4. The number of benzene rings is 2. The number of aryl methyl sites for hydroxylation is 1. The van der Waals surface area contributed by atoms with E-state index in [2.05, 4.69) is 12.1 Å². The predicted octanol–water partition coefficient (Wildman–Crippen LogP) is 4.64. The van der Waals surface area contributed by atoms with E-state index in [-0.39, 0.29) is 24.7 Å². The van der Waals surface area contributed by atoms with Crippen molar-refractivity contribution in [3.63, 3.8) is 0 Å². The topological polar surface area (TPSA) is 101 Å². The predicted molar refractivity (Wildman–Crippen MR) is 147 cm³/mol. The highest BCUT2D eigenvalue weighted by atomic mass is 35.5. The van der Waals surface area contributed by atoms with Crippen LogP contribution in [0.5, 0.6) is 0 Å². The fourth-order valence-electron chi connectivity index (χ4n) is 5.59. The number of carbonyl (C=O) groups excluding carboxylic acids is 4. The Morgan fingerprint density at radius 1 is 1.05 bits per heavy atom. The number of unbranched alkanes of at least 4 members (excludes halogenated alkanes) is 2. The fourth-order valence-corrected chi connectivity index (χ4v) is 5.72. The van der Waals surface area contributed by atoms with Gasteiger partial charge in [-0.3, -0.25) is 14.4 Å². The number of nitrogens with two attached hydrogens (primary N) is 1. The number of nitrogens with zero attached hydrogens (tertiary/aromatic N) is 2. The van der Waals surface area contributed by atoms with E-state index in [0.717, 1.165) is 74.1 Å². The molecule has 4 rings (SSSR count). The molecule has 2 aliphatic heterocycles. The zero-order chi connectivity index (χ0) is 27.1. The van der Waals surface area contributed by atoms with E-state index in [9.17, 15) is 19.2 Å². The molecule has 0 aromatic heterocycles. The summed E-state index contributed by atoms with van der Waals surface area (Å²) in [5.41, 5.74) is 9.35. The zero-order valence-electron chi connectivity index (χ0n) is 21.7. The van der Waals surface area contributed by atoms with Gasteiger partial charge in [0.2, 0.25) is 11.8 Å². The van der Waals surface area contributed by atoms with Crippen LogP contribution in [0.3, 0.4) is 0 Å². The van der Waals surface area contributed by atoms with E-state index in [0.29, 0.717) is 24.4 Å². The third kappa shape index (κ3) is 6.81. The number of amides is 3. The first-order valence-electron chi connectivity index (χ1n) is 13.6. The second-order valence-electron chi connectivity index (χ2n) is 10.4. The first-order chi connectivity index (χ1) is 18.4. The number of primary amides is 1. The fraction of sp³-hybridized carbons (Fsp3) is 0.467. The van der Waals surface area contributed by atoms with Gasteiger partial charge in [0.25, 0.3) is 5.91 Å². The Hall–Kier alpha value is -3.19. The Kier molecular flexibility index (Phi) is 9.56. The van der Waals surface area contributed by atoms with Crippen LogP contribution in [0.1, 0.15) is 84.3 Å². The highest BCUT2D eigenvalue weighted by molar-refractivity contribution is 6.30. The van der Waals surface area contributed by atoms with Gasteiger partial charge in [-0.05, 0) is 79.3 Å². The maximum atomic E-state index is 13.0. The van der Waals surface area contributed by atoms with Gasteiger partial charge in [-0.1, -0.05) is 42.3 Å². The van der Waals surface area contributed by atoms with Crippen LogP contribution in [-0.4, -0.2) is 52.9 Å². The van der Waals surface area contributed by atoms with E-state index < -0.39 is 11.9 Å². The number of rotatable bonds is 12. The molecule has 7 nitrogen and oxygen atoms in total. The van der Waals surface area contributed by atoms with Crippen LogP contribution in [0.15, 0.2) is 42.5 Å². The third-order valence-electron chi connectivity index (χ3n) is 7.81. The van der Waals surface area contributed by atoms with Crippen molar-refractivity contribution in [3.05, 3.63) is 69.7 Å². The number of hydrogen-bond acceptors (Lipinski definition) is 4. The molecule has 0 bridgehead atoms. The molecule has 1 saturated heterocycles. The number of halogens is 1. The van der Waals surface area contributed by atoms with E-state index in [1.165, 1.54) is 10.5 Å². The second kappa shape index (κ2) is 13.1. The van der Waals surface area contributed by atoms with Crippen molar-refractivity contribution in [2.24, 2.45) is 5.73 Å². The van der Waals surface area contributed by atoms with E-state index in [1.807, 2.05) is 35.2 Å². The number of likely N-dealkylation sites (tertiary alicyclic amines) is 1. The van der Waals surface area contributed by atoms with Gasteiger partial charge in [-0.15, -0.1) is 0 Å². The molecule has 0 saturated carbocycles. The van der Waals surface area contributed by atoms with Crippen LogP contribution < -0.4 is 5.73 Å². The molecule has 2 aliphatic rings. The van der Waals surface area contributed by atoms with Crippen LogP contribution in [0.4, 0.5) is 0 Å². The first-order valence-corrected chi connectivity index (χ1v) is 13.9. The van der Waals surface area contributed by atoms with Crippen molar-refractivity contribution < 1.29 is 19.2 Å². The average molecular weight is 538 g/mol. The Morgan fingerprint density at radius 2 is 1.79 bits per heavy atom. The van der Waals surface area contributed by atoms with Crippen molar-refractivity contribution in [2.45, 2.75) is 76.3 Å². The number of hydrogen-bond donors (Lipinski definition) is 1. The average Bonchev–Trinajstić information content (AvgIpc) is 3.24. The smallest absolute Gasteiger partial charge is 0.255 e. The number of fused-ring (bicyclic) bond motifs is 1. The largest absolute Gasteiger partial charge is 0.368 e. The van der Waals surface area contributed by atoms with Gasteiger partial charge in [0.1, 0.15) is 12.3 Å². The van der Waals surface area contributed by atoms with Gasteiger partial charge >= 0.3 is 0 Å². The lowest BCUT2D eigenvalue weighted by molar-refractivity contribution is -0.132. The molecule has 2 heterocycles. The number of aldehydes is 1. The van der Waals surface area contributed by atoms with Crippen molar-refractivity contribution in [1.29, 1.82) is 0 Å². The molecule has 8 heteroatoms. The third-order valence-corrected chi connectivity index (χ3v) is 8.07. The lowest BCUT2D eigenvalue weighted by Gasteiger charge is -2.32. The standard InChI is InChI=1S/C30H36ClN3O4/c31-25-12-10-22(11-13-25)23-14-16-33(17-15-23)28(36)7-3-1-2-5-21-8-9-24-20-34(30(38)26(24)19-21)27(29(32)37)6-4-18-35/h8-13,18-19,23,27H,1-7,14-17,20H2,(H2,32,37). The molecular weight excluding hydrogens is 502 g/mol. The van der Waals surface area contributed by atoms with Gasteiger partial charge in [-0.2, -0.15) is 0 Å². The maximum Gasteiger partial charge on any atom is 0.255 e. The van der Waals surface area contributed by atoms with Gasteiger partial charge in [0, 0.05) is 43.1 Å². The van der Waals surface area contributed by atoms with Crippen molar-refractivity contribution >= 4 is 35.6 Å². The van der Waals surface area contributed by atoms with Crippen LogP contribution >= 0.6 is 11.6 Å². The summed E-state index contributed by atoms with van der Waals surface area (Å²) in [6, 6.07) is 13.1. The summed E-state index contributed by atoms with van der Waals surface area (Å²) >= 11 is 6.00. The zero-order valence-corrected chi connectivity index (χ0v) is 22.5. The van der Waals surface area contributed by atoms with Crippen LogP contribution in [-0.2, 0) is 27.3 Å². The molecule has 3 amide bonds. The molecule has 1 fully saturated rings. The Bertz CT molecular complexity index is 1160. The molecule has 0 spiro atoms. The van der Waals surface area contributed by atoms with E-state index >= 15 is 0 Å². The molecule has 0 radical (unpaired) electrons. The summed E-state index contributed by atoms with van der Waals surface area (Å²) in [6.07, 6.45) is 7.26. The van der Waals surface area contributed by atoms with E-state index in [4.69, 9.17) is 17.3 Å². The van der Waals surface area contributed by atoms with Crippen LogP contribution in [0.25, 0.3) is 0 Å². The van der Waals surface area contributed by atoms with Crippen molar-refractivity contribution in [3.8, 4) is 0 Å².